The molecule has 0 unspecified atom stereocenters. The van der Waals surface area contributed by atoms with Gasteiger partial charge in [0.2, 0.25) is 0 Å². The van der Waals surface area contributed by atoms with Crippen molar-refractivity contribution >= 4 is 5.82 Å². The Morgan fingerprint density at radius 1 is 1.65 bits per heavy atom. The molecular formula is C13H21N3O. The summed E-state index contributed by atoms with van der Waals surface area (Å²) in [6.07, 6.45) is 3.64. The maximum atomic E-state index is 5.95. The van der Waals surface area contributed by atoms with Gasteiger partial charge in [0.25, 0.3) is 0 Å². The number of hydrogen-bond donors (Lipinski definition) is 1. The van der Waals surface area contributed by atoms with Crippen molar-refractivity contribution < 1.29 is 4.74 Å². The van der Waals surface area contributed by atoms with Crippen molar-refractivity contribution in [2.24, 2.45) is 5.73 Å². The number of hydrogen-bond acceptors (Lipinski definition) is 4. The van der Waals surface area contributed by atoms with Crippen molar-refractivity contribution in [3.05, 3.63) is 36.5 Å². The van der Waals surface area contributed by atoms with Crippen LogP contribution in [0.25, 0.3) is 0 Å². The summed E-state index contributed by atoms with van der Waals surface area (Å²) in [5.74, 6) is 0.916. The normalized spacial score (nSPS) is 12.2. The van der Waals surface area contributed by atoms with Crippen LogP contribution >= 0.6 is 0 Å². The van der Waals surface area contributed by atoms with Gasteiger partial charge in [0.1, 0.15) is 5.82 Å². The van der Waals surface area contributed by atoms with Crippen LogP contribution in [0.4, 0.5) is 5.82 Å². The van der Waals surface area contributed by atoms with Crippen LogP contribution in [-0.4, -0.2) is 31.8 Å². The van der Waals surface area contributed by atoms with Crippen LogP contribution in [0.1, 0.15) is 18.5 Å². The lowest BCUT2D eigenvalue weighted by molar-refractivity contribution is 0.205. The van der Waals surface area contributed by atoms with E-state index < -0.39 is 0 Å². The second-order valence-electron chi connectivity index (χ2n) is 3.93. The monoisotopic (exact) mass is 235 g/mol. The average Bonchev–Trinajstić information content (AvgIpc) is 2.34. The van der Waals surface area contributed by atoms with E-state index in [0.717, 1.165) is 24.5 Å². The summed E-state index contributed by atoms with van der Waals surface area (Å²) in [6.45, 7) is 7.90. The van der Waals surface area contributed by atoms with Crippen LogP contribution in [0, 0.1) is 0 Å². The van der Waals surface area contributed by atoms with E-state index in [4.69, 9.17) is 10.5 Å². The summed E-state index contributed by atoms with van der Waals surface area (Å²) >= 11 is 0. The molecule has 17 heavy (non-hydrogen) atoms. The highest BCUT2D eigenvalue weighted by atomic mass is 16.5. The number of rotatable bonds is 7. The fourth-order valence-electron chi connectivity index (χ4n) is 1.67. The predicted molar refractivity (Wildman–Crippen MR) is 71.1 cm³/mol. The van der Waals surface area contributed by atoms with Crippen molar-refractivity contribution in [3.63, 3.8) is 0 Å². The van der Waals surface area contributed by atoms with Crippen molar-refractivity contribution in [2.75, 3.05) is 31.7 Å². The largest absolute Gasteiger partial charge is 0.383 e. The summed E-state index contributed by atoms with van der Waals surface area (Å²) < 4.78 is 5.11. The summed E-state index contributed by atoms with van der Waals surface area (Å²) in [5, 5.41) is 0. The standard InChI is InChI=1S/C13H21N3O/c1-4-8-16(9-10-17-3)13-12(11(2)14)6-5-7-15-13/h4-7,11H,1,8-10,14H2,2-3H3/t11-/m0/s1. The Morgan fingerprint density at radius 2 is 2.41 bits per heavy atom. The summed E-state index contributed by atoms with van der Waals surface area (Å²) in [6, 6.07) is 3.88. The molecule has 0 saturated heterocycles. The van der Waals surface area contributed by atoms with Crippen molar-refractivity contribution in [1.29, 1.82) is 0 Å². The van der Waals surface area contributed by atoms with Gasteiger partial charge in [-0.15, -0.1) is 6.58 Å². The minimum atomic E-state index is -0.0337. The highest BCUT2D eigenvalue weighted by Gasteiger charge is 2.13. The lowest BCUT2D eigenvalue weighted by Crippen LogP contribution is -2.30. The number of nitrogens with zero attached hydrogens (tertiary/aromatic N) is 2. The van der Waals surface area contributed by atoms with Gasteiger partial charge in [-0.25, -0.2) is 4.98 Å². The SMILES string of the molecule is C=CCN(CCOC)c1ncccc1[C@H](C)N. The number of anilines is 1. The van der Waals surface area contributed by atoms with E-state index in [1.807, 2.05) is 25.1 Å². The van der Waals surface area contributed by atoms with Gasteiger partial charge >= 0.3 is 0 Å². The first kappa shape index (κ1) is 13.7. The second kappa shape index (κ2) is 7.04. The number of methoxy groups -OCH3 is 1. The van der Waals surface area contributed by atoms with E-state index in [2.05, 4.69) is 16.5 Å². The number of aromatic nitrogens is 1. The van der Waals surface area contributed by atoms with Gasteiger partial charge in [0.15, 0.2) is 0 Å². The van der Waals surface area contributed by atoms with Crippen LogP contribution in [-0.2, 0) is 4.74 Å². The molecular weight excluding hydrogens is 214 g/mol. The fourth-order valence-corrected chi connectivity index (χ4v) is 1.67. The molecule has 0 aliphatic carbocycles. The molecule has 1 atom stereocenters. The Morgan fingerprint density at radius 3 is 3.00 bits per heavy atom. The lowest BCUT2D eigenvalue weighted by Gasteiger charge is -2.25. The molecule has 0 fully saturated rings. The minimum absolute atomic E-state index is 0.0337. The maximum Gasteiger partial charge on any atom is 0.133 e. The second-order valence-corrected chi connectivity index (χ2v) is 3.93. The first-order valence-corrected chi connectivity index (χ1v) is 5.76. The van der Waals surface area contributed by atoms with Gasteiger partial charge in [-0.3, -0.25) is 0 Å². The van der Waals surface area contributed by atoms with Crippen LogP contribution < -0.4 is 10.6 Å². The zero-order valence-electron chi connectivity index (χ0n) is 10.6. The lowest BCUT2D eigenvalue weighted by atomic mass is 10.1. The number of pyridine rings is 1. The zero-order valence-corrected chi connectivity index (χ0v) is 10.6. The molecule has 94 valence electrons. The molecule has 0 aliphatic rings. The predicted octanol–water partition coefficient (Wildman–Crippen LogP) is 1.74. The van der Waals surface area contributed by atoms with E-state index in [1.54, 1.807) is 13.3 Å². The van der Waals surface area contributed by atoms with Crippen LogP contribution in [0.3, 0.4) is 0 Å². The summed E-state index contributed by atoms with van der Waals surface area (Å²) in [5.41, 5.74) is 7.00. The summed E-state index contributed by atoms with van der Waals surface area (Å²) in [7, 11) is 1.69. The maximum absolute atomic E-state index is 5.95. The van der Waals surface area contributed by atoms with Crippen LogP contribution in [0.2, 0.25) is 0 Å². The van der Waals surface area contributed by atoms with E-state index in [9.17, 15) is 0 Å². The average molecular weight is 235 g/mol. The third-order valence-electron chi connectivity index (χ3n) is 2.52. The van der Waals surface area contributed by atoms with Crippen molar-refractivity contribution in [1.82, 2.24) is 4.98 Å². The fraction of sp³-hybridized carbons (Fsp3) is 0.462. The van der Waals surface area contributed by atoms with E-state index in [1.165, 1.54) is 0 Å². The zero-order chi connectivity index (χ0) is 12.7. The van der Waals surface area contributed by atoms with Gasteiger partial charge in [-0.05, 0) is 13.0 Å². The molecule has 0 radical (unpaired) electrons. The van der Waals surface area contributed by atoms with Crippen LogP contribution in [0.5, 0.6) is 0 Å². The highest BCUT2D eigenvalue weighted by Crippen LogP contribution is 2.22. The Hall–Kier alpha value is -1.39. The highest BCUT2D eigenvalue weighted by molar-refractivity contribution is 5.48. The number of ether oxygens (including phenoxy) is 1. The van der Waals surface area contributed by atoms with Gasteiger partial charge < -0.3 is 15.4 Å². The molecule has 0 spiro atoms. The molecule has 1 heterocycles. The van der Waals surface area contributed by atoms with Gasteiger partial charge in [0.05, 0.1) is 6.61 Å². The third kappa shape index (κ3) is 3.84. The quantitative estimate of drug-likeness (QED) is 0.731. The third-order valence-corrected chi connectivity index (χ3v) is 2.52. The topological polar surface area (TPSA) is 51.4 Å². The van der Waals surface area contributed by atoms with Gasteiger partial charge in [-0.2, -0.15) is 0 Å². The van der Waals surface area contributed by atoms with Gasteiger partial charge in [-0.1, -0.05) is 12.1 Å². The summed E-state index contributed by atoms with van der Waals surface area (Å²) in [4.78, 5) is 6.53. The molecule has 0 aliphatic heterocycles. The smallest absolute Gasteiger partial charge is 0.133 e. The molecule has 1 rings (SSSR count). The first-order valence-electron chi connectivity index (χ1n) is 5.76. The Kier molecular flexibility index (Phi) is 5.66. The molecule has 4 heteroatoms. The Bertz CT molecular complexity index is 352. The van der Waals surface area contributed by atoms with E-state index in [-0.39, 0.29) is 6.04 Å². The first-order chi connectivity index (χ1) is 8.20. The molecule has 0 aromatic carbocycles. The van der Waals surface area contributed by atoms with Crippen molar-refractivity contribution in [2.45, 2.75) is 13.0 Å². The van der Waals surface area contributed by atoms with E-state index in [0.29, 0.717) is 6.61 Å². The Balaban J connectivity index is 2.95. The van der Waals surface area contributed by atoms with Crippen LogP contribution in [0.15, 0.2) is 31.0 Å². The molecule has 0 bridgehead atoms. The number of nitrogens with two attached hydrogens (primary N) is 1. The Labute approximate surface area is 103 Å². The van der Waals surface area contributed by atoms with E-state index >= 15 is 0 Å². The molecule has 1 aromatic rings. The van der Waals surface area contributed by atoms with Gasteiger partial charge in [0, 0.05) is 38.0 Å². The molecule has 0 saturated carbocycles. The molecule has 0 amide bonds. The molecule has 4 nitrogen and oxygen atoms in total. The molecule has 2 N–H and O–H groups in total. The minimum Gasteiger partial charge on any atom is -0.383 e. The van der Waals surface area contributed by atoms with Crippen molar-refractivity contribution in [3.8, 4) is 0 Å². The molecule has 1 aromatic heterocycles.